The van der Waals surface area contributed by atoms with Crippen LogP contribution in [0.2, 0.25) is 0 Å². The number of amides is 1. The number of piperidine rings is 1. The van der Waals surface area contributed by atoms with Gasteiger partial charge >= 0.3 is 0 Å². The molecule has 146 valence electrons. The molecular weight excluding hydrogens is 360 g/mol. The number of hydrogen-bond donors (Lipinski definition) is 1. The smallest absolute Gasteiger partial charge is 0.231 e. The van der Waals surface area contributed by atoms with Gasteiger partial charge in [-0.25, -0.2) is 0 Å². The van der Waals surface area contributed by atoms with Crippen LogP contribution in [0, 0.1) is 17.2 Å². The summed E-state index contributed by atoms with van der Waals surface area (Å²) in [5.74, 6) is 1.95. The summed E-state index contributed by atoms with van der Waals surface area (Å²) in [6.45, 7) is 4.37. The van der Waals surface area contributed by atoms with Gasteiger partial charge in [0.2, 0.25) is 11.9 Å². The standard InChI is InChI=1S/C19H28N6OS/c1-14-6-10-24(11-7-14)17-22-23-18(25(17)15-4-5-15)27-12-16(26)21-19(13-20)8-2-3-9-19/h14-15H,2-12H2,1H3,(H,21,26). The Balaban J connectivity index is 1.40. The van der Waals surface area contributed by atoms with Crippen LogP contribution in [0.5, 0.6) is 0 Å². The largest absolute Gasteiger partial charge is 0.341 e. The lowest BCUT2D eigenvalue weighted by atomic mass is 10.00. The molecule has 1 aromatic rings. The van der Waals surface area contributed by atoms with Crippen LogP contribution in [0.4, 0.5) is 5.95 Å². The first-order chi connectivity index (χ1) is 13.1. The molecule has 1 aliphatic heterocycles. The molecule has 4 rings (SSSR count). The summed E-state index contributed by atoms with van der Waals surface area (Å²) >= 11 is 1.44. The topological polar surface area (TPSA) is 86.8 Å². The quantitative estimate of drug-likeness (QED) is 0.754. The fraction of sp³-hybridized carbons (Fsp3) is 0.789. The lowest BCUT2D eigenvalue weighted by Crippen LogP contribution is -2.45. The maximum atomic E-state index is 12.4. The van der Waals surface area contributed by atoms with Crippen molar-refractivity contribution in [1.29, 1.82) is 5.26 Å². The maximum Gasteiger partial charge on any atom is 0.231 e. The first-order valence-corrected chi connectivity index (χ1v) is 11.1. The van der Waals surface area contributed by atoms with Crippen LogP contribution in [0.3, 0.4) is 0 Å². The van der Waals surface area contributed by atoms with Gasteiger partial charge in [-0.1, -0.05) is 18.7 Å². The third kappa shape index (κ3) is 4.08. The molecule has 0 atom stereocenters. The number of hydrogen-bond acceptors (Lipinski definition) is 6. The van der Waals surface area contributed by atoms with Crippen molar-refractivity contribution in [3.63, 3.8) is 0 Å². The second-order valence-corrected chi connectivity index (χ2v) is 9.23. The third-order valence-corrected chi connectivity index (χ3v) is 6.95. The molecule has 2 aliphatic carbocycles. The van der Waals surface area contributed by atoms with Gasteiger partial charge in [-0.15, -0.1) is 10.2 Å². The molecule has 27 heavy (non-hydrogen) atoms. The van der Waals surface area contributed by atoms with E-state index in [9.17, 15) is 10.1 Å². The minimum atomic E-state index is -0.655. The highest BCUT2D eigenvalue weighted by Crippen LogP contribution is 2.41. The van der Waals surface area contributed by atoms with Crippen molar-refractivity contribution in [1.82, 2.24) is 20.1 Å². The molecule has 2 heterocycles. The first-order valence-electron chi connectivity index (χ1n) is 10.2. The van der Waals surface area contributed by atoms with E-state index in [-0.39, 0.29) is 11.7 Å². The van der Waals surface area contributed by atoms with E-state index in [1.54, 1.807) is 0 Å². The molecular formula is C19H28N6OS. The summed E-state index contributed by atoms with van der Waals surface area (Å²) in [5, 5.41) is 22.1. The average Bonchev–Trinajstić information content (AvgIpc) is 3.25. The van der Waals surface area contributed by atoms with Gasteiger partial charge in [0.05, 0.1) is 11.8 Å². The van der Waals surface area contributed by atoms with Crippen molar-refractivity contribution < 1.29 is 4.79 Å². The van der Waals surface area contributed by atoms with E-state index < -0.39 is 5.54 Å². The minimum Gasteiger partial charge on any atom is -0.341 e. The van der Waals surface area contributed by atoms with Crippen molar-refractivity contribution in [2.75, 3.05) is 23.7 Å². The lowest BCUT2D eigenvalue weighted by molar-refractivity contribution is -0.119. The second-order valence-electron chi connectivity index (χ2n) is 8.29. The molecule has 1 amide bonds. The van der Waals surface area contributed by atoms with Crippen LogP contribution in [0.15, 0.2) is 5.16 Å². The zero-order valence-corrected chi connectivity index (χ0v) is 16.8. The number of nitrogens with one attached hydrogen (secondary N) is 1. The van der Waals surface area contributed by atoms with Crippen molar-refractivity contribution >= 4 is 23.6 Å². The van der Waals surface area contributed by atoms with Gasteiger partial charge in [-0.05, 0) is 57.3 Å². The van der Waals surface area contributed by atoms with Gasteiger partial charge in [-0.3, -0.25) is 9.36 Å². The summed E-state index contributed by atoms with van der Waals surface area (Å²) in [6, 6.07) is 2.79. The number of anilines is 1. The van der Waals surface area contributed by atoms with Crippen LogP contribution >= 0.6 is 11.8 Å². The normalized spacial score (nSPS) is 22.6. The summed E-state index contributed by atoms with van der Waals surface area (Å²) < 4.78 is 2.24. The number of carbonyl (C=O) groups excluding carboxylic acids is 1. The Bertz CT molecular complexity index is 723. The van der Waals surface area contributed by atoms with Crippen molar-refractivity contribution in [2.24, 2.45) is 5.92 Å². The molecule has 1 N–H and O–H groups in total. The molecule has 0 bridgehead atoms. The van der Waals surface area contributed by atoms with Crippen LogP contribution in [-0.4, -0.2) is 45.1 Å². The summed E-state index contributed by atoms with van der Waals surface area (Å²) in [5.41, 5.74) is -0.655. The predicted octanol–water partition coefficient (Wildman–Crippen LogP) is 2.89. The fourth-order valence-electron chi connectivity index (χ4n) is 4.12. The van der Waals surface area contributed by atoms with Crippen LogP contribution < -0.4 is 10.2 Å². The van der Waals surface area contributed by atoms with Crippen LogP contribution in [0.25, 0.3) is 0 Å². The molecule has 1 aromatic heterocycles. The Morgan fingerprint density at radius 1 is 1.26 bits per heavy atom. The molecule has 3 fully saturated rings. The van der Waals surface area contributed by atoms with Gasteiger partial charge in [0.25, 0.3) is 0 Å². The minimum absolute atomic E-state index is 0.0813. The summed E-state index contributed by atoms with van der Waals surface area (Å²) in [6.07, 6.45) is 8.24. The number of carbonyl (C=O) groups is 1. The molecule has 0 spiro atoms. The third-order valence-electron chi connectivity index (χ3n) is 6.01. The van der Waals surface area contributed by atoms with E-state index in [2.05, 4.69) is 38.0 Å². The predicted molar refractivity (Wildman–Crippen MR) is 105 cm³/mol. The zero-order chi connectivity index (χ0) is 18.9. The average molecular weight is 389 g/mol. The zero-order valence-electron chi connectivity index (χ0n) is 16.0. The number of nitriles is 1. The van der Waals surface area contributed by atoms with Crippen molar-refractivity contribution in [2.45, 2.75) is 75.0 Å². The molecule has 0 radical (unpaired) electrons. The molecule has 3 aliphatic rings. The van der Waals surface area contributed by atoms with Gasteiger partial charge in [-0.2, -0.15) is 5.26 Å². The van der Waals surface area contributed by atoms with Gasteiger partial charge in [0.1, 0.15) is 5.54 Å². The van der Waals surface area contributed by atoms with Gasteiger partial charge in [0, 0.05) is 19.1 Å². The van der Waals surface area contributed by atoms with Crippen LogP contribution in [-0.2, 0) is 4.79 Å². The number of thioether (sulfide) groups is 1. The SMILES string of the molecule is CC1CCN(c2nnc(SCC(=O)NC3(C#N)CCCC3)n2C2CC2)CC1. The molecule has 2 saturated carbocycles. The second kappa shape index (κ2) is 7.70. The van der Waals surface area contributed by atoms with Crippen LogP contribution in [0.1, 0.15) is 64.3 Å². The van der Waals surface area contributed by atoms with E-state index in [1.807, 2.05) is 0 Å². The Morgan fingerprint density at radius 2 is 1.96 bits per heavy atom. The van der Waals surface area contributed by atoms with Crippen molar-refractivity contribution in [3.05, 3.63) is 0 Å². The molecule has 7 nitrogen and oxygen atoms in total. The van der Waals surface area contributed by atoms with E-state index in [0.29, 0.717) is 6.04 Å². The van der Waals surface area contributed by atoms with Gasteiger partial charge < -0.3 is 10.2 Å². The van der Waals surface area contributed by atoms with Gasteiger partial charge in [0.15, 0.2) is 5.16 Å². The maximum absolute atomic E-state index is 12.4. The van der Waals surface area contributed by atoms with E-state index in [1.165, 1.54) is 24.6 Å². The fourth-order valence-corrected chi connectivity index (χ4v) is 4.92. The lowest BCUT2D eigenvalue weighted by Gasteiger charge is -2.31. The van der Waals surface area contributed by atoms with E-state index in [0.717, 1.165) is 68.6 Å². The number of aromatic nitrogens is 3. The Kier molecular flexibility index (Phi) is 5.31. The molecule has 8 heteroatoms. The van der Waals surface area contributed by atoms with E-state index >= 15 is 0 Å². The highest BCUT2D eigenvalue weighted by atomic mass is 32.2. The highest BCUT2D eigenvalue weighted by molar-refractivity contribution is 7.99. The Labute approximate surface area is 164 Å². The van der Waals surface area contributed by atoms with Crippen molar-refractivity contribution in [3.8, 4) is 6.07 Å². The molecule has 1 saturated heterocycles. The molecule has 0 aromatic carbocycles. The van der Waals surface area contributed by atoms with E-state index in [4.69, 9.17) is 0 Å². The Hall–Kier alpha value is -1.75. The number of nitrogens with zero attached hydrogens (tertiary/aromatic N) is 5. The Morgan fingerprint density at radius 3 is 2.59 bits per heavy atom. The monoisotopic (exact) mass is 388 g/mol. The first kappa shape index (κ1) is 18.6. The highest BCUT2D eigenvalue weighted by Gasteiger charge is 2.36. The summed E-state index contributed by atoms with van der Waals surface area (Å²) in [4.78, 5) is 14.8. The number of rotatable bonds is 6. The molecule has 0 unspecified atom stereocenters. The summed E-state index contributed by atoms with van der Waals surface area (Å²) in [7, 11) is 0.